The smallest absolute Gasteiger partial charge is 0.407 e. The summed E-state index contributed by atoms with van der Waals surface area (Å²) in [6, 6.07) is 0. The van der Waals surface area contributed by atoms with Crippen molar-refractivity contribution in [2.24, 2.45) is 0 Å². The van der Waals surface area contributed by atoms with Crippen molar-refractivity contribution >= 4 is 11.8 Å². The molecule has 0 saturated carbocycles. The van der Waals surface area contributed by atoms with E-state index < -0.39 is 11.6 Å². The Balaban J connectivity index is 1.84. The van der Waals surface area contributed by atoms with Crippen molar-refractivity contribution in [3.63, 3.8) is 0 Å². The molecule has 10 heteroatoms. The highest BCUT2D eigenvalue weighted by molar-refractivity contribution is 5.65. The predicted octanol–water partition coefficient (Wildman–Crippen LogP) is 1.31. The standard InChI is InChI=1S/C18H34N4O6/c1-18(2,3)22(17(23)24)5-7-26-9-11-28-13-12-27-10-8-25-6-4-21-15-16(19)14-20-21/h14-15H,4-13,19H2,1-3H3,(H,23,24). The highest BCUT2D eigenvalue weighted by Crippen LogP contribution is 2.12. The van der Waals surface area contributed by atoms with E-state index in [0.29, 0.717) is 71.6 Å². The topological polar surface area (TPSA) is 121 Å². The van der Waals surface area contributed by atoms with Crippen molar-refractivity contribution in [2.75, 3.05) is 65.1 Å². The number of ether oxygens (including phenoxy) is 4. The first-order chi connectivity index (χ1) is 13.3. The highest BCUT2D eigenvalue weighted by Gasteiger charge is 2.25. The fourth-order valence-electron chi connectivity index (χ4n) is 2.30. The third-order valence-electron chi connectivity index (χ3n) is 3.73. The van der Waals surface area contributed by atoms with E-state index in [2.05, 4.69) is 5.10 Å². The Morgan fingerprint density at radius 3 is 1.96 bits per heavy atom. The van der Waals surface area contributed by atoms with Crippen LogP contribution in [-0.4, -0.2) is 90.8 Å². The van der Waals surface area contributed by atoms with Gasteiger partial charge >= 0.3 is 6.09 Å². The summed E-state index contributed by atoms with van der Waals surface area (Å²) in [4.78, 5) is 12.5. The molecular weight excluding hydrogens is 368 g/mol. The molecule has 0 aliphatic carbocycles. The van der Waals surface area contributed by atoms with Crippen molar-refractivity contribution in [1.82, 2.24) is 14.7 Å². The van der Waals surface area contributed by atoms with Gasteiger partial charge in [-0.1, -0.05) is 0 Å². The zero-order chi connectivity index (χ0) is 20.8. The fraction of sp³-hybridized carbons (Fsp3) is 0.778. The van der Waals surface area contributed by atoms with Crippen LogP contribution in [0.3, 0.4) is 0 Å². The van der Waals surface area contributed by atoms with E-state index in [1.165, 1.54) is 4.90 Å². The average molecular weight is 402 g/mol. The number of anilines is 1. The third-order valence-corrected chi connectivity index (χ3v) is 3.73. The first kappa shape index (κ1) is 24.2. The van der Waals surface area contributed by atoms with Gasteiger partial charge in [-0.3, -0.25) is 4.68 Å². The van der Waals surface area contributed by atoms with Gasteiger partial charge in [0.15, 0.2) is 0 Å². The molecule has 0 aliphatic heterocycles. The molecular formula is C18H34N4O6. The molecule has 0 aliphatic rings. The van der Waals surface area contributed by atoms with Crippen LogP contribution in [0.15, 0.2) is 12.4 Å². The highest BCUT2D eigenvalue weighted by atomic mass is 16.6. The van der Waals surface area contributed by atoms with Crippen LogP contribution in [0, 0.1) is 0 Å². The van der Waals surface area contributed by atoms with Crippen molar-refractivity contribution in [3.05, 3.63) is 12.4 Å². The molecule has 10 nitrogen and oxygen atoms in total. The number of hydrogen-bond acceptors (Lipinski definition) is 7. The van der Waals surface area contributed by atoms with E-state index in [4.69, 9.17) is 29.8 Å². The van der Waals surface area contributed by atoms with Gasteiger partial charge < -0.3 is 34.7 Å². The van der Waals surface area contributed by atoms with E-state index in [1.54, 1.807) is 17.1 Å². The van der Waals surface area contributed by atoms with Crippen LogP contribution in [0.2, 0.25) is 0 Å². The van der Waals surface area contributed by atoms with Crippen LogP contribution in [0.25, 0.3) is 0 Å². The first-order valence-corrected chi connectivity index (χ1v) is 9.40. The second-order valence-corrected chi connectivity index (χ2v) is 7.09. The van der Waals surface area contributed by atoms with Crippen LogP contribution < -0.4 is 5.73 Å². The Morgan fingerprint density at radius 1 is 1.04 bits per heavy atom. The van der Waals surface area contributed by atoms with E-state index in [0.717, 1.165) is 0 Å². The zero-order valence-electron chi connectivity index (χ0n) is 17.1. The SMILES string of the molecule is CC(C)(C)N(CCOCCOCCOCCOCCn1cc(N)cn1)C(=O)O. The zero-order valence-corrected chi connectivity index (χ0v) is 17.1. The van der Waals surface area contributed by atoms with Crippen molar-refractivity contribution in [1.29, 1.82) is 0 Å². The van der Waals surface area contributed by atoms with Crippen molar-refractivity contribution < 1.29 is 28.8 Å². The van der Waals surface area contributed by atoms with Gasteiger partial charge in [0.25, 0.3) is 0 Å². The van der Waals surface area contributed by atoms with Crippen LogP contribution in [-0.2, 0) is 25.5 Å². The lowest BCUT2D eigenvalue weighted by molar-refractivity contribution is -0.00662. The number of nitrogen functional groups attached to an aromatic ring is 1. The van der Waals surface area contributed by atoms with Crippen LogP contribution in [0.4, 0.5) is 10.5 Å². The lowest BCUT2D eigenvalue weighted by atomic mass is 10.1. The van der Waals surface area contributed by atoms with Crippen molar-refractivity contribution in [2.45, 2.75) is 32.9 Å². The Hall–Kier alpha value is -1.88. The normalized spacial score (nSPS) is 11.7. The van der Waals surface area contributed by atoms with Crippen LogP contribution in [0.5, 0.6) is 0 Å². The summed E-state index contributed by atoms with van der Waals surface area (Å²) in [7, 11) is 0. The van der Waals surface area contributed by atoms with E-state index in [-0.39, 0.29) is 0 Å². The van der Waals surface area contributed by atoms with Gasteiger partial charge in [0.1, 0.15) is 0 Å². The Morgan fingerprint density at radius 2 is 1.54 bits per heavy atom. The fourth-order valence-corrected chi connectivity index (χ4v) is 2.30. The monoisotopic (exact) mass is 402 g/mol. The molecule has 1 aromatic rings. The minimum Gasteiger partial charge on any atom is -0.465 e. The van der Waals surface area contributed by atoms with Gasteiger partial charge in [0.2, 0.25) is 0 Å². The van der Waals surface area contributed by atoms with E-state index in [9.17, 15) is 4.79 Å². The van der Waals surface area contributed by atoms with Gasteiger partial charge in [-0.25, -0.2) is 4.79 Å². The summed E-state index contributed by atoms with van der Waals surface area (Å²) >= 11 is 0. The molecule has 0 radical (unpaired) electrons. The molecule has 0 fully saturated rings. The number of nitrogens with zero attached hydrogens (tertiary/aromatic N) is 3. The maximum absolute atomic E-state index is 11.2. The number of carbonyl (C=O) groups is 1. The molecule has 1 heterocycles. The molecule has 0 spiro atoms. The third kappa shape index (κ3) is 11.1. The molecule has 3 N–H and O–H groups in total. The minimum atomic E-state index is -0.945. The molecule has 0 aromatic carbocycles. The summed E-state index contributed by atoms with van der Waals surface area (Å²) in [6.07, 6.45) is 2.41. The second kappa shape index (κ2) is 13.3. The van der Waals surface area contributed by atoms with E-state index in [1.807, 2.05) is 20.8 Å². The quantitative estimate of drug-likeness (QED) is 0.421. The number of nitrogens with two attached hydrogens (primary N) is 1. The summed E-state index contributed by atoms with van der Waals surface area (Å²) in [5.41, 5.74) is 5.77. The Bertz CT molecular complexity index is 546. The number of carboxylic acid groups (broad SMARTS) is 1. The van der Waals surface area contributed by atoms with E-state index >= 15 is 0 Å². The van der Waals surface area contributed by atoms with Gasteiger partial charge in [-0.05, 0) is 20.8 Å². The summed E-state index contributed by atoms with van der Waals surface area (Å²) < 4.78 is 23.4. The Labute approximate surface area is 166 Å². The number of aromatic nitrogens is 2. The van der Waals surface area contributed by atoms with Crippen LogP contribution in [0.1, 0.15) is 20.8 Å². The molecule has 1 amide bonds. The Kier molecular flexibility index (Phi) is 11.5. The molecule has 28 heavy (non-hydrogen) atoms. The minimum absolute atomic E-state index is 0.329. The molecule has 0 bridgehead atoms. The van der Waals surface area contributed by atoms with Gasteiger partial charge in [0, 0.05) is 18.3 Å². The molecule has 0 atom stereocenters. The maximum Gasteiger partial charge on any atom is 0.407 e. The summed E-state index contributed by atoms with van der Waals surface area (Å²) in [5, 5.41) is 13.2. The number of hydrogen-bond donors (Lipinski definition) is 2. The number of rotatable bonds is 15. The lowest BCUT2D eigenvalue weighted by Crippen LogP contribution is -2.46. The van der Waals surface area contributed by atoms with Gasteiger partial charge in [-0.2, -0.15) is 5.10 Å². The second-order valence-electron chi connectivity index (χ2n) is 7.09. The van der Waals surface area contributed by atoms with Gasteiger partial charge in [0.05, 0.1) is 71.3 Å². The molecule has 1 aromatic heterocycles. The van der Waals surface area contributed by atoms with Crippen molar-refractivity contribution in [3.8, 4) is 0 Å². The molecule has 1 rings (SSSR count). The molecule has 162 valence electrons. The van der Waals surface area contributed by atoms with Gasteiger partial charge in [-0.15, -0.1) is 0 Å². The summed E-state index contributed by atoms with van der Waals surface area (Å²) in [6.45, 7) is 10.2. The average Bonchev–Trinajstić information content (AvgIpc) is 3.02. The van der Waals surface area contributed by atoms with Crippen LogP contribution >= 0.6 is 0 Å². The predicted molar refractivity (Wildman–Crippen MR) is 104 cm³/mol. The molecule has 0 unspecified atom stereocenters. The lowest BCUT2D eigenvalue weighted by Gasteiger charge is -2.32. The maximum atomic E-state index is 11.2. The first-order valence-electron chi connectivity index (χ1n) is 9.40. The largest absolute Gasteiger partial charge is 0.465 e. The number of amides is 1. The molecule has 0 saturated heterocycles. The summed E-state index contributed by atoms with van der Waals surface area (Å²) in [5.74, 6) is 0.